The number of halogens is 7. The van der Waals surface area contributed by atoms with Crippen LogP contribution in [0, 0.1) is 6.92 Å². The van der Waals surface area contributed by atoms with Crippen LogP contribution in [0.5, 0.6) is 0 Å². The van der Waals surface area contributed by atoms with Gasteiger partial charge in [-0.05, 0) is 13.8 Å². The molecule has 1 rings (SSSR count). The molecule has 0 aromatic carbocycles. The summed E-state index contributed by atoms with van der Waals surface area (Å²) in [6.45, 7) is 2.97. The second-order valence-electron chi connectivity index (χ2n) is 4.42. The molecule has 1 N–H and O–H groups in total. The number of nitrogens with one attached hydrogen (secondary N) is 1. The van der Waals surface area contributed by atoms with Gasteiger partial charge in [-0.2, -0.15) is 35.8 Å². The fourth-order valence-corrected chi connectivity index (χ4v) is 1.50. The molecule has 0 radical (unpaired) electrons. The molecule has 0 aliphatic carbocycles. The summed E-state index contributed by atoms with van der Waals surface area (Å²) in [5, 5.41) is 5.28. The molecule has 4 nitrogen and oxygen atoms in total. The summed E-state index contributed by atoms with van der Waals surface area (Å²) in [5.41, 5.74) is 0.550. The second-order valence-corrected chi connectivity index (χ2v) is 4.42. The van der Waals surface area contributed by atoms with Crippen molar-refractivity contribution in [3.63, 3.8) is 0 Å². The van der Waals surface area contributed by atoms with Crippen LogP contribution in [0.25, 0.3) is 0 Å². The lowest BCUT2D eigenvalue weighted by atomic mass is 10.1. The number of rotatable bonds is 5. The summed E-state index contributed by atoms with van der Waals surface area (Å²) in [7, 11) is 0. The van der Waals surface area contributed by atoms with E-state index in [1.807, 2.05) is 0 Å². The molecule has 0 spiro atoms. The third-order valence-electron chi connectivity index (χ3n) is 2.85. The van der Waals surface area contributed by atoms with Crippen molar-refractivity contribution >= 4 is 5.91 Å². The van der Waals surface area contributed by atoms with Crippen molar-refractivity contribution in [3.8, 4) is 0 Å². The highest BCUT2D eigenvalue weighted by Crippen LogP contribution is 2.46. The maximum Gasteiger partial charge on any atom is 0.460 e. The highest BCUT2D eigenvalue weighted by atomic mass is 19.4. The number of nitrogens with zero attached hydrogens (tertiary/aromatic N) is 2. The zero-order valence-corrected chi connectivity index (χ0v) is 11.4. The molecular weight excluding hydrogens is 323 g/mol. The summed E-state index contributed by atoms with van der Waals surface area (Å²) in [4.78, 5) is 11.1. The highest BCUT2D eigenvalue weighted by Gasteiger charge is 2.76. The Morgan fingerprint density at radius 2 is 1.77 bits per heavy atom. The lowest BCUT2D eigenvalue weighted by Gasteiger charge is -2.27. The van der Waals surface area contributed by atoms with Crippen LogP contribution in [0.2, 0.25) is 0 Å². The van der Waals surface area contributed by atoms with Gasteiger partial charge in [0, 0.05) is 24.8 Å². The maximum absolute atomic E-state index is 13.1. The summed E-state index contributed by atoms with van der Waals surface area (Å²) in [6, 6.07) is 0. The van der Waals surface area contributed by atoms with Crippen molar-refractivity contribution in [2.75, 3.05) is 0 Å². The number of hydrogen-bond acceptors (Lipinski definition) is 2. The molecule has 0 saturated heterocycles. The van der Waals surface area contributed by atoms with Crippen LogP contribution in [0.1, 0.15) is 18.2 Å². The van der Waals surface area contributed by atoms with Gasteiger partial charge in [-0.1, -0.05) is 0 Å². The third-order valence-corrected chi connectivity index (χ3v) is 2.85. The van der Waals surface area contributed by atoms with E-state index in [2.05, 4.69) is 5.10 Å². The van der Waals surface area contributed by atoms with Gasteiger partial charge in [0.2, 0.25) is 0 Å². The molecule has 1 aromatic heterocycles. The first kappa shape index (κ1) is 18.2. The Morgan fingerprint density at radius 3 is 2.18 bits per heavy atom. The van der Waals surface area contributed by atoms with Gasteiger partial charge in [-0.15, -0.1) is 0 Å². The van der Waals surface area contributed by atoms with E-state index in [1.165, 1.54) is 23.1 Å². The number of carbonyl (C=O) groups is 1. The standard InChI is InChI=1S/C11H12F7N3O/c1-3-21-5-7(6(2)20-21)4-19-8(22)9(12,13)10(14,15)11(16,17)18/h5H,3-4H2,1-2H3,(H,19,22). The van der Waals surface area contributed by atoms with Crippen molar-refractivity contribution in [3.05, 3.63) is 17.5 Å². The minimum Gasteiger partial charge on any atom is -0.346 e. The van der Waals surface area contributed by atoms with Gasteiger partial charge in [0.05, 0.1) is 5.69 Å². The summed E-state index contributed by atoms with van der Waals surface area (Å²) < 4.78 is 88.7. The van der Waals surface area contributed by atoms with Crippen LogP contribution < -0.4 is 5.32 Å². The topological polar surface area (TPSA) is 46.9 Å². The number of hydrogen-bond donors (Lipinski definition) is 1. The van der Waals surface area contributed by atoms with Gasteiger partial charge < -0.3 is 5.32 Å². The molecule has 11 heteroatoms. The minimum absolute atomic E-state index is 0.223. The molecule has 0 fully saturated rings. The van der Waals surface area contributed by atoms with Crippen molar-refractivity contribution in [1.29, 1.82) is 0 Å². The number of amides is 1. The van der Waals surface area contributed by atoms with Crippen molar-refractivity contribution in [2.24, 2.45) is 0 Å². The van der Waals surface area contributed by atoms with E-state index in [4.69, 9.17) is 0 Å². The lowest BCUT2D eigenvalue weighted by molar-refractivity contribution is -0.344. The van der Waals surface area contributed by atoms with Crippen molar-refractivity contribution < 1.29 is 35.5 Å². The van der Waals surface area contributed by atoms with Crippen LogP contribution in [0.3, 0.4) is 0 Å². The molecule has 126 valence electrons. The van der Waals surface area contributed by atoms with Gasteiger partial charge in [0.25, 0.3) is 5.91 Å². The average molecular weight is 335 g/mol. The van der Waals surface area contributed by atoms with Crippen LogP contribution in [0.4, 0.5) is 30.7 Å². The Balaban J connectivity index is 2.85. The Morgan fingerprint density at radius 1 is 1.23 bits per heavy atom. The monoisotopic (exact) mass is 335 g/mol. The number of carbonyl (C=O) groups excluding carboxylic acids is 1. The Bertz CT molecular complexity index is 550. The fraction of sp³-hybridized carbons (Fsp3) is 0.636. The van der Waals surface area contributed by atoms with E-state index in [9.17, 15) is 35.5 Å². The zero-order chi connectivity index (χ0) is 17.3. The van der Waals surface area contributed by atoms with Crippen LogP contribution >= 0.6 is 0 Å². The first-order chi connectivity index (χ1) is 9.84. The first-order valence-electron chi connectivity index (χ1n) is 5.98. The fourth-order valence-electron chi connectivity index (χ4n) is 1.50. The molecule has 0 aliphatic heterocycles. The molecule has 0 atom stereocenters. The van der Waals surface area contributed by atoms with E-state index in [-0.39, 0.29) is 5.56 Å². The zero-order valence-electron chi connectivity index (χ0n) is 11.4. The predicted octanol–water partition coefficient (Wildman–Crippen LogP) is 2.66. The Kier molecular flexibility index (Phi) is 4.78. The van der Waals surface area contributed by atoms with Gasteiger partial charge in [-0.25, -0.2) is 0 Å². The maximum atomic E-state index is 13.1. The normalized spacial score (nSPS) is 13.3. The summed E-state index contributed by atoms with van der Waals surface area (Å²) in [6.07, 6.45) is -5.19. The summed E-state index contributed by atoms with van der Waals surface area (Å²) in [5.74, 6) is -15.1. The Hall–Kier alpha value is -1.81. The van der Waals surface area contributed by atoms with Crippen molar-refractivity contribution in [2.45, 2.75) is 45.0 Å². The highest BCUT2D eigenvalue weighted by molar-refractivity contribution is 5.84. The molecule has 1 amide bonds. The number of alkyl halides is 7. The van der Waals surface area contributed by atoms with E-state index >= 15 is 0 Å². The van der Waals surface area contributed by atoms with E-state index in [0.29, 0.717) is 12.2 Å². The van der Waals surface area contributed by atoms with Crippen LogP contribution in [-0.4, -0.2) is 33.7 Å². The van der Waals surface area contributed by atoms with Gasteiger partial charge in [0.1, 0.15) is 0 Å². The SMILES string of the molecule is CCn1cc(CNC(=O)C(F)(F)C(F)(F)C(F)(F)F)c(C)n1. The molecule has 0 saturated carbocycles. The van der Waals surface area contributed by atoms with Crippen LogP contribution in [0.15, 0.2) is 6.20 Å². The smallest absolute Gasteiger partial charge is 0.346 e. The third kappa shape index (κ3) is 3.17. The second kappa shape index (κ2) is 5.76. The molecule has 1 aromatic rings. The molecule has 0 bridgehead atoms. The number of aromatic nitrogens is 2. The van der Waals surface area contributed by atoms with E-state index < -0.39 is 30.5 Å². The molecular formula is C11H12F7N3O. The van der Waals surface area contributed by atoms with E-state index in [0.717, 1.165) is 0 Å². The Labute approximate surface area is 120 Å². The summed E-state index contributed by atoms with van der Waals surface area (Å²) >= 11 is 0. The largest absolute Gasteiger partial charge is 0.460 e. The molecule has 22 heavy (non-hydrogen) atoms. The van der Waals surface area contributed by atoms with Crippen LogP contribution in [-0.2, 0) is 17.9 Å². The average Bonchev–Trinajstić information content (AvgIpc) is 2.75. The van der Waals surface area contributed by atoms with Crippen molar-refractivity contribution in [1.82, 2.24) is 15.1 Å². The van der Waals surface area contributed by atoms with Gasteiger partial charge in [0.15, 0.2) is 0 Å². The number of aryl methyl sites for hydroxylation is 2. The van der Waals surface area contributed by atoms with E-state index in [1.54, 1.807) is 6.92 Å². The molecule has 0 unspecified atom stereocenters. The first-order valence-corrected chi connectivity index (χ1v) is 5.98. The quantitative estimate of drug-likeness (QED) is 0.841. The molecule has 0 aliphatic rings. The lowest BCUT2D eigenvalue weighted by Crippen LogP contribution is -2.59. The molecule has 1 heterocycles. The van der Waals surface area contributed by atoms with Gasteiger partial charge >= 0.3 is 18.0 Å². The van der Waals surface area contributed by atoms with Gasteiger partial charge in [-0.3, -0.25) is 9.48 Å². The predicted molar refractivity (Wildman–Crippen MR) is 60.4 cm³/mol. The minimum atomic E-state index is -6.54.